The van der Waals surface area contributed by atoms with Gasteiger partial charge in [0.1, 0.15) is 5.82 Å². The summed E-state index contributed by atoms with van der Waals surface area (Å²) in [6.07, 6.45) is 1.73. The zero-order valence-corrected chi connectivity index (χ0v) is 12.8. The average Bonchev–Trinajstić information content (AvgIpc) is 2.75. The third-order valence-corrected chi connectivity index (χ3v) is 4.14. The van der Waals surface area contributed by atoms with Crippen molar-refractivity contribution in [2.75, 3.05) is 0 Å². The Balaban J connectivity index is 2.16. The number of imidazole rings is 1. The highest BCUT2D eigenvalue weighted by Gasteiger charge is 2.08. The monoisotopic (exact) mass is 385 g/mol. The summed E-state index contributed by atoms with van der Waals surface area (Å²) in [5, 5.41) is 0.677. The quantitative estimate of drug-likeness (QED) is 0.651. The number of nitrogens with one attached hydrogen (secondary N) is 1. The van der Waals surface area contributed by atoms with Gasteiger partial charge in [0.25, 0.3) is 0 Å². The van der Waals surface area contributed by atoms with Crippen LogP contribution in [0.5, 0.6) is 0 Å². The zero-order chi connectivity index (χ0) is 12.7. The van der Waals surface area contributed by atoms with Gasteiger partial charge in [-0.2, -0.15) is 0 Å². The molecule has 2 aromatic heterocycles. The average molecular weight is 387 g/mol. The lowest BCUT2D eigenvalue weighted by molar-refractivity contribution is 1.30. The molecule has 90 valence electrons. The van der Waals surface area contributed by atoms with E-state index in [-0.39, 0.29) is 0 Å². The van der Waals surface area contributed by atoms with Crippen molar-refractivity contribution >= 4 is 54.6 Å². The van der Waals surface area contributed by atoms with Crippen LogP contribution < -0.4 is 0 Å². The maximum Gasteiger partial charge on any atom is 0.178 e. The van der Waals surface area contributed by atoms with Gasteiger partial charge in [-0.1, -0.05) is 11.6 Å². The van der Waals surface area contributed by atoms with E-state index in [1.165, 1.54) is 0 Å². The standard InChI is InChI=1S/C12H6Br2ClN3/c13-7-4-10-12(16-5-7)18-11(17-10)6-1-2-9(15)8(14)3-6/h1-5H,(H,16,17,18). The molecule has 0 radical (unpaired) electrons. The van der Waals surface area contributed by atoms with Crippen molar-refractivity contribution in [1.29, 1.82) is 0 Å². The van der Waals surface area contributed by atoms with Crippen LogP contribution in [-0.2, 0) is 0 Å². The van der Waals surface area contributed by atoms with Gasteiger partial charge in [-0.25, -0.2) is 9.97 Å². The van der Waals surface area contributed by atoms with Gasteiger partial charge in [-0.15, -0.1) is 0 Å². The number of nitrogens with zero attached hydrogens (tertiary/aromatic N) is 2. The number of hydrogen-bond donors (Lipinski definition) is 1. The summed E-state index contributed by atoms with van der Waals surface area (Å²) in [6, 6.07) is 7.62. The third-order valence-electron chi connectivity index (χ3n) is 2.50. The van der Waals surface area contributed by atoms with Crippen LogP contribution >= 0.6 is 43.5 Å². The largest absolute Gasteiger partial charge is 0.337 e. The molecule has 1 N–H and O–H groups in total. The molecule has 0 atom stereocenters. The summed E-state index contributed by atoms with van der Waals surface area (Å²) in [7, 11) is 0. The van der Waals surface area contributed by atoms with E-state index in [1.807, 2.05) is 24.3 Å². The zero-order valence-electron chi connectivity index (χ0n) is 8.92. The molecule has 1 aromatic carbocycles. The predicted octanol–water partition coefficient (Wildman–Crippen LogP) is 4.80. The van der Waals surface area contributed by atoms with Gasteiger partial charge in [0.05, 0.1) is 10.5 Å². The van der Waals surface area contributed by atoms with E-state index in [0.29, 0.717) is 10.7 Å². The normalized spacial score (nSPS) is 11.1. The van der Waals surface area contributed by atoms with Crippen LogP contribution in [0.15, 0.2) is 39.4 Å². The molecule has 0 saturated heterocycles. The number of fused-ring (bicyclic) bond motifs is 1. The van der Waals surface area contributed by atoms with Crippen LogP contribution in [-0.4, -0.2) is 15.0 Å². The molecule has 0 fully saturated rings. The highest BCUT2D eigenvalue weighted by atomic mass is 79.9. The number of hydrogen-bond acceptors (Lipinski definition) is 2. The van der Waals surface area contributed by atoms with Gasteiger partial charge < -0.3 is 4.98 Å². The second kappa shape index (κ2) is 4.64. The summed E-state index contributed by atoms with van der Waals surface area (Å²) in [5.41, 5.74) is 2.55. The minimum atomic E-state index is 0.677. The van der Waals surface area contributed by atoms with Gasteiger partial charge in [0.2, 0.25) is 0 Å². The summed E-state index contributed by atoms with van der Waals surface area (Å²) in [5.74, 6) is 0.771. The molecule has 6 heteroatoms. The van der Waals surface area contributed by atoms with E-state index in [9.17, 15) is 0 Å². The van der Waals surface area contributed by atoms with Crippen molar-refractivity contribution in [3.05, 3.63) is 44.4 Å². The maximum atomic E-state index is 5.97. The topological polar surface area (TPSA) is 41.6 Å². The van der Waals surface area contributed by atoms with Crippen LogP contribution in [0.4, 0.5) is 0 Å². The molecule has 0 aliphatic heterocycles. The molecule has 2 heterocycles. The number of rotatable bonds is 1. The fourth-order valence-corrected chi connectivity index (χ4v) is 2.48. The Morgan fingerprint density at radius 2 is 2.00 bits per heavy atom. The van der Waals surface area contributed by atoms with E-state index in [2.05, 4.69) is 46.8 Å². The van der Waals surface area contributed by atoms with Gasteiger partial charge in [-0.05, 0) is 56.1 Å². The van der Waals surface area contributed by atoms with E-state index >= 15 is 0 Å². The van der Waals surface area contributed by atoms with E-state index in [1.54, 1.807) is 6.20 Å². The predicted molar refractivity (Wildman–Crippen MR) is 79.7 cm³/mol. The van der Waals surface area contributed by atoms with Crippen molar-refractivity contribution in [3.8, 4) is 11.4 Å². The first-order valence-corrected chi connectivity index (χ1v) is 7.06. The van der Waals surface area contributed by atoms with Crippen LogP contribution in [0.25, 0.3) is 22.6 Å². The summed E-state index contributed by atoms with van der Waals surface area (Å²) >= 11 is 12.8. The molecular formula is C12H6Br2ClN3. The first kappa shape index (κ1) is 12.1. The molecule has 0 bridgehead atoms. The Morgan fingerprint density at radius 3 is 2.78 bits per heavy atom. The summed E-state index contributed by atoms with van der Waals surface area (Å²) in [4.78, 5) is 11.9. The molecule has 18 heavy (non-hydrogen) atoms. The van der Waals surface area contributed by atoms with Crippen molar-refractivity contribution in [2.45, 2.75) is 0 Å². The van der Waals surface area contributed by atoms with Crippen LogP contribution in [0.2, 0.25) is 5.02 Å². The summed E-state index contributed by atoms with van der Waals surface area (Å²) < 4.78 is 1.76. The molecule has 0 saturated carbocycles. The lowest BCUT2D eigenvalue weighted by Crippen LogP contribution is -1.80. The second-order valence-corrected chi connectivity index (χ2v) is 5.92. The molecule has 0 aliphatic carbocycles. The highest BCUT2D eigenvalue weighted by molar-refractivity contribution is 9.10. The van der Waals surface area contributed by atoms with Crippen molar-refractivity contribution in [2.24, 2.45) is 0 Å². The molecule has 0 aliphatic rings. The van der Waals surface area contributed by atoms with Gasteiger partial charge >= 0.3 is 0 Å². The second-order valence-electron chi connectivity index (χ2n) is 3.74. The van der Waals surface area contributed by atoms with Gasteiger partial charge in [-0.3, -0.25) is 0 Å². The van der Waals surface area contributed by atoms with E-state index in [4.69, 9.17) is 11.6 Å². The first-order chi connectivity index (χ1) is 8.63. The Kier molecular flexibility index (Phi) is 3.13. The Morgan fingerprint density at radius 1 is 1.17 bits per heavy atom. The van der Waals surface area contributed by atoms with Crippen molar-refractivity contribution in [3.63, 3.8) is 0 Å². The van der Waals surface area contributed by atoms with E-state index in [0.717, 1.165) is 25.8 Å². The minimum Gasteiger partial charge on any atom is -0.337 e. The molecule has 0 spiro atoms. The Bertz CT molecular complexity index is 739. The number of halogens is 3. The number of benzene rings is 1. The van der Waals surface area contributed by atoms with Crippen LogP contribution in [0.3, 0.4) is 0 Å². The van der Waals surface area contributed by atoms with E-state index < -0.39 is 0 Å². The molecule has 0 unspecified atom stereocenters. The van der Waals surface area contributed by atoms with Gasteiger partial charge in [0, 0.05) is 20.7 Å². The third kappa shape index (κ3) is 2.18. The number of aromatic amines is 1. The molecule has 3 aromatic rings. The number of H-pyrrole nitrogens is 1. The van der Waals surface area contributed by atoms with Crippen molar-refractivity contribution in [1.82, 2.24) is 15.0 Å². The Hall–Kier alpha value is -0.910. The summed E-state index contributed by atoms with van der Waals surface area (Å²) in [6.45, 7) is 0. The van der Waals surface area contributed by atoms with Crippen LogP contribution in [0.1, 0.15) is 0 Å². The lowest BCUT2D eigenvalue weighted by atomic mass is 10.2. The van der Waals surface area contributed by atoms with Crippen molar-refractivity contribution < 1.29 is 0 Å². The molecule has 3 nitrogen and oxygen atoms in total. The number of aromatic nitrogens is 3. The molecule has 3 rings (SSSR count). The van der Waals surface area contributed by atoms with Crippen LogP contribution in [0, 0.1) is 0 Å². The smallest absolute Gasteiger partial charge is 0.178 e. The maximum absolute atomic E-state index is 5.97. The SMILES string of the molecule is Clc1ccc(-c2nc3ncc(Br)cc3[nH]2)cc1Br. The fourth-order valence-electron chi connectivity index (χ4n) is 1.65. The highest BCUT2D eigenvalue weighted by Crippen LogP contribution is 2.28. The lowest BCUT2D eigenvalue weighted by Gasteiger charge is -1.99. The Labute approximate surface area is 125 Å². The fraction of sp³-hybridized carbons (Fsp3) is 0. The first-order valence-electron chi connectivity index (χ1n) is 5.10. The van der Waals surface area contributed by atoms with Gasteiger partial charge in [0.15, 0.2) is 5.65 Å². The molecule has 0 amide bonds. The molecular weight excluding hydrogens is 381 g/mol. The number of pyridine rings is 1. The minimum absolute atomic E-state index is 0.677.